The van der Waals surface area contributed by atoms with Crippen molar-refractivity contribution in [3.8, 4) is 0 Å². The highest BCUT2D eigenvalue weighted by molar-refractivity contribution is 8.95. The van der Waals surface area contributed by atoms with Crippen LogP contribution in [0, 0.1) is 0 Å². The third-order valence-corrected chi connectivity index (χ3v) is 6.46. The fourth-order valence-electron chi connectivity index (χ4n) is 0.450. The van der Waals surface area contributed by atoms with Gasteiger partial charge in [0.05, 0.1) is 6.61 Å². The molecule has 0 aromatic carbocycles. The lowest BCUT2D eigenvalue weighted by molar-refractivity contribution is 0.361. The maximum absolute atomic E-state index is 5.79. The molecule has 0 amide bonds. The molecular formula is C3H7ClOPS2. The highest BCUT2D eigenvalue weighted by Crippen LogP contribution is 2.80. The summed E-state index contributed by atoms with van der Waals surface area (Å²) in [6, 6.07) is 0. The average molecular weight is 190 g/mol. The number of thiol groups is 1. The van der Waals surface area contributed by atoms with Crippen molar-refractivity contribution in [3.05, 3.63) is 0 Å². The largest absolute Gasteiger partial charge is 0.334 e. The second kappa shape index (κ2) is 2.98. The van der Waals surface area contributed by atoms with Crippen LogP contribution >= 0.6 is 40.1 Å². The number of halogens is 1. The van der Waals surface area contributed by atoms with Crippen LogP contribution < -0.4 is 0 Å². The van der Waals surface area contributed by atoms with Crippen molar-refractivity contribution in [1.29, 1.82) is 0 Å². The van der Waals surface area contributed by atoms with Crippen molar-refractivity contribution in [1.82, 2.24) is 0 Å². The Kier molecular flexibility index (Phi) is 2.79. The molecule has 0 aromatic heterocycles. The molecule has 1 aliphatic heterocycles. The molecule has 1 nitrogen and oxygen atoms in total. The molecule has 0 spiro atoms. The van der Waals surface area contributed by atoms with Crippen LogP contribution in [0.15, 0.2) is 0 Å². The summed E-state index contributed by atoms with van der Waals surface area (Å²) in [7, 11) is 0. The first-order valence-electron chi connectivity index (χ1n) is 2.31. The van der Waals surface area contributed by atoms with Crippen LogP contribution in [-0.2, 0) is 4.52 Å². The predicted octanol–water partition coefficient (Wildman–Crippen LogP) is 2.99. The minimum absolute atomic E-state index is 0.785. The summed E-state index contributed by atoms with van der Waals surface area (Å²) in [6.07, 6.45) is 1.11. The van der Waals surface area contributed by atoms with Crippen LogP contribution in [0.2, 0.25) is 0 Å². The Morgan fingerprint density at radius 3 is 2.75 bits per heavy atom. The van der Waals surface area contributed by atoms with E-state index >= 15 is 0 Å². The van der Waals surface area contributed by atoms with Crippen molar-refractivity contribution < 1.29 is 4.52 Å². The molecular weight excluding hydrogens is 183 g/mol. The summed E-state index contributed by atoms with van der Waals surface area (Å²) in [6.45, 7) is 0.785. The van der Waals surface area contributed by atoms with Gasteiger partial charge in [-0.2, -0.15) is 0 Å². The fraction of sp³-hybridized carbons (Fsp3) is 1.00. The second-order valence-corrected chi connectivity index (χ2v) is 10.9. The van der Waals surface area contributed by atoms with Gasteiger partial charge in [0.2, 0.25) is 0 Å². The smallest absolute Gasteiger partial charge is 0.174 e. The third-order valence-electron chi connectivity index (χ3n) is 0.790. The van der Waals surface area contributed by atoms with Crippen molar-refractivity contribution in [2.75, 3.05) is 12.4 Å². The third kappa shape index (κ3) is 2.32. The zero-order valence-corrected chi connectivity index (χ0v) is 7.57. The lowest BCUT2D eigenvalue weighted by Crippen LogP contribution is -1.97. The molecule has 1 heterocycles. The number of rotatable bonds is 0. The van der Waals surface area contributed by atoms with E-state index in [2.05, 4.69) is 12.2 Å². The Labute approximate surface area is 63.6 Å². The Bertz CT molecular complexity index is 81.4. The molecule has 49 valence electrons. The Morgan fingerprint density at radius 2 is 2.50 bits per heavy atom. The van der Waals surface area contributed by atoms with Gasteiger partial charge in [0.1, 0.15) is 0 Å². The van der Waals surface area contributed by atoms with Crippen molar-refractivity contribution in [3.63, 3.8) is 0 Å². The van der Waals surface area contributed by atoms with Gasteiger partial charge in [-0.05, 0) is 17.7 Å². The Hall–Kier alpha value is 1.38. The van der Waals surface area contributed by atoms with Crippen molar-refractivity contribution >= 4 is 40.1 Å². The van der Waals surface area contributed by atoms with E-state index < -0.39 is 5.25 Å². The number of hydrogen-bond donors (Lipinski definition) is 1. The lowest BCUT2D eigenvalue weighted by atomic mass is 10.5. The van der Waals surface area contributed by atoms with E-state index in [4.69, 9.17) is 15.8 Å². The molecule has 0 bridgehead atoms. The molecule has 1 saturated heterocycles. The van der Waals surface area contributed by atoms with Crippen molar-refractivity contribution in [2.45, 2.75) is 6.42 Å². The maximum atomic E-state index is 5.79. The van der Waals surface area contributed by atoms with Gasteiger partial charge in [-0.3, -0.25) is 0 Å². The van der Waals surface area contributed by atoms with Crippen LogP contribution in [0.1, 0.15) is 6.42 Å². The molecule has 1 unspecified atom stereocenters. The first kappa shape index (κ1) is 7.49. The van der Waals surface area contributed by atoms with Crippen LogP contribution in [0.4, 0.5) is 0 Å². The summed E-state index contributed by atoms with van der Waals surface area (Å²) < 4.78 is 5.17. The van der Waals surface area contributed by atoms with E-state index in [-0.39, 0.29) is 0 Å². The first-order chi connectivity index (χ1) is 3.71. The summed E-state index contributed by atoms with van der Waals surface area (Å²) >= 11 is 11.6. The molecule has 0 saturated carbocycles. The van der Waals surface area contributed by atoms with E-state index in [1.54, 1.807) is 11.4 Å². The summed E-state index contributed by atoms with van der Waals surface area (Å²) in [5.74, 6) is 1.10. The Balaban J connectivity index is 2.33. The van der Waals surface area contributed by atoms with Gasteiger partial charge >= 0.3 is 0 Å². The standard InChI is InChI=1S/C3H7ClOPS2/c4-6(7)5-2-1-3-8-6/h7H,1-3H2. The first-order valence-corrected chi connectivity index (χ1v) is 7.67. The van der Waals surface area contributed by atoms with E-state index in [9.17, 15) is 0 Å². The zero-order valence-electron chi connectivity index (χ0n) is 4.21. The van der Waals surface area contributed by atoms with Crippen LogP contribution in [0.3, 0.4) is 0 Å². The van der Waals surface area contributed by atoms with Gasteiger partial charge in [0.25, 0.3) is 0 Å². The topological polar surface area (TPSA) is 9.23 Å². The van der Waals surface area contributed by atoms with Gasteiger partial charge in [0, 0.05) is 5.75 Å². The summed E-state index contributed by atoms with van der Waals surface area (Å²) in [5, 5.41) is -1.75. The van der Waals surface area contributed by atoms with E-state index in [1.165, 1.54) is 0 Å². The van der Waals surface area contributed by atoms with E-state index in [0.717, 1.165) is 18.8 Å². The lowest BCUT2D eigenvalue weighted by Gasteiger charge is -2.26. The molecule has 1 rings (SSSR count). The average Bonchev–Trinajstić information content (AvgIpc) is 1.65. The predicted molar refractivity (Wildman–Crippen MR) is 44.8 cm³/mol. The zero-order chi connectivity index (χ0) is 6.04. The minimum atomic E-state index is -1.75. The molecule has 0 aliphatic carbocycles. The second-order valence-electron chi connectivity index (χ2n) is 1.47. The van der Waals surface area contributed by atoms with Crippen LogP contribution in [0.25, 0.3) is 0 Å². The molecule has 5 heteroatoms. The fourth-order valence-corrected chi connectivity index (χ4v) is 4.67. The van der Waals surface area contributed by atoms with Gasteiger partial charge in [-0.15, -0.1) is 12.2 Å². The van der Waals surface area contributed by atoms with Gasteiger partial charge in [0.15, 0.2) is 5.25 Å². The minimum Gasteiger partial charge on any atom is -0.334 e. The molecule has 0 N–H and O–H groups in total. The van der Waals surface area contributed by atoms with Gasteiger partial charge in [-0.25, -0.2) is 0 Å². The highest BCUT2D eigenvalue weighted by atomic mass is 35.7. The Morgan fingerprint density at radius 1 is 1.75 bits per heavy atom. The quantitative estimate of drug-likeness (QED) is 0.464. The molecule has 1 atom stereocenters. The normalized spacial score (nSPS) is 39.8. The van der Waals surface area contributed by atoms with Gasteiger partial charge in [-0.1, -0.05) is 11.4 Å². The van der Waals surface area contributed by atoms with Crippen molar-refractivity contribution in [2.24, 2.45) is 0 Å². The summed E-state index contributed by atoms with van der Waals surface area (Å²) in [5.41, 5.74) is 0. The van der Waals surface area contributed by atoms with E-state index in [0.29, 0.717) is 0 Å². The molecule has 1 aliphatic rings. The number of hydrogen-bond acceptors (Lipinski definition) is 3. The van der Waals surface area contributed by atoms with Crippen LogP contribution in [0.5, 0.6) is 0 Å². The van der Waals surface area contributed by atoms with Gasteiger partial charge < -0.3 is 4.52 Å². The maximum Gasteiger partial charge on any atom is 0.174 e. The van der Waals surface area contributed by atoms with E-state index in [1.807, 2.05) is 0 Å². The summed E-state index contributed by atoms with van der Waals surface area (Å²) in [4.78, 5) is 0. The molecule has 0 aromatic rings. The highest BCUT2D eigenvalue weighted by Gasteiger charge is 2.24. The molecule has 1 radical (unpaired) electrons. The molecule has 8 heavy (non-hydrogen) atoms. The van der Waals surface area contributed by atoms with Crippen LogP contribution in [-0.4, -0.2) is 12.4 Å². The SMILES string of the molecule is S[P]1(Cl)OCCCS1. The molecule has 1 fully saturated rings. The monoisotopic (exact) mass is 189 g/mol.